The van der Waals surface area contributed by atoms with E-state index in [0.29, 0.717) is 4.68 Å². The molecular formula is C17H9Cl2F7N4O2. The number of benzene rings is 1. The van der Waals surface area contributed by atoms with E-state index >= 15 is 0 Å². The van der Waals surface area contributed by atoms with Gasteiger partial charge in [0.1, 0.15) is 17.6 Å². The Bertz CT molecular complexity index is 1130. The van der Waals surface area contributed by atoms with E-state index in [1.54, 1.807) is 6.07 Å². The molecule has 1 aliphatic carbocycles. The Labute approximate surface area is 183 Å². The maximum Gasteiger partial charge on any atom is 0.435 e. The zero-order chi connectivity index (χ0) is 24.4. The molecule has 0 bridgehead atoms. The van der Waals surface area contributed by atoms with Crippen molar-refractivity contribution in [2.24, 2.45) is 0 Å². The second-order valence-electron chi connectivity index (χ2n) is 6.96. The van der Waals surface area contributed by atoms with Crippen LogP contribution in [-0.2, 0) is 15.9 Å². The normalized spacial score (nSPS) is 16.0. The molecule has 32 heavy (non-hydrogen) atoms. The van der Waals surface area contributed by atoms with Crippen LogP contribution in [-0.4, -0.2) is 33.2 Å². The first kappa shape index (κ1) is 23.9. The molecule has 0 saturated heterocycles. The number of carboxylic acid groups (broad SMARTS) is 1. The standard InChI is InChI=1S/C17H9Cl2F7N4O2/c18-7-3-6(15(20,16(21,22)23)17(24,25)26)4-8(19)11(7)30-12(28)10(9(5-27)29-30)14(1-2-14)13(31)32/h3-4H,1-2,28H2,(H,31,32). The number of carboxylic acids is 1. The summed E-state index contributed by atoms with van der Waals surface area (Å²) in [5.74, 6) is -1.78. The van der Waals surface area contributed by atoms with E-state index in [9.17, 15) is 45.9 Å². The van der Waals surface area contributed by atoms with E-state index in [0.717, 1.165) is 0 Å². The van der Waals surface area contributed by atoms with Gasteiger partial charge < -0.3 is 10.8 Å². The highest BCUT2D eigenvalue weighted by Crippen LogP contribution is 2.55. The first-order valence-corrected chi connectivity index (χ1v) is 9.13. The van der Waals surface area contributed by atoms with Crippen molar-refractivity contribution in [3.8, 4) is 11.8 Å². The van der Waals surface area contributed by atoms with Crippen LogP contribution in [0.25, 0.3) is 5.69 Å². The van der Waals surface area contributed by atoms with Crippen molar-refractivity contribution >= 4 is 35.0 Å². The van der Waals surface area contributed by atoms with Gasteiger partial charge in [-0.1, -0.05) is 23.2 Å². The number of nitrogen functional groups attached to an aromatic ring is 1. The number of anilines is 1. The van der Waals surface area contributed by atoms with E-state index in [-0.39, 0.29) is 30.5 Å². The molecule has 1 aliphatic rings. The van der Waals surface area contributed by atoms with Crippen LogP contribution in [0, 0.1) is 11.3 Å². The van der Waals surface area contributed by atoms with Crippen LogP contribution >= 0.6 is 23.2 Å². The van der Waals surface area contributed by atoms with Crippen molar-refractivity contribution in [1.29, 1.82) is 5.26 Å². The average molecular weight is 505 g/mol. The number of nitrogens with two attached hydrogens (primary N) is 1. The van der Waals surface area contributed by atoms with E-state index < -0.39 is 62.2 Å². The molecule has 0 unspecified atom stereocenters. The molecule has 172 valence electrons. The summed E-state index contributed by atoms with van der Waals surface area (Å²) in [4.78, 5) is 11.6. The van der Waals surface area contributed by atoms with E-state index in [1.807, 2.05) is 0 Å². The molecule has 1 saturated carbocycles. The van der Waals surface area contributed by atoms with Gasteiger partial charge >= 0.3 is 24.0 Å². The summed E-state index contributed by atoms with van der Waals surface area (Å²) in [5, 5.41) is 20.7. The molecule has 0 aliphatic heterocycles. The van der Waals surface area contributed by atoms with Crippen molar-refractivity contribution in [3.63, 3.8) is 0 Å². The highest BCUT2D eigenvalue weighted by atomic mass is 35.5. The topological polar surface area (TPSA) is 105 Å². The van der Waals surface area contributed by atoms with Gasteiger partial charge in [0.2, 0.25) is 0 Å². The number of carbonyl (C=O) groups is 1. The molecule has 0 atom stereocenters. The summed E-state index contributed by atoms with van der Waals surface area (Å²) < 4.78 is 93.2. The first-order chi connectivity index (χ1) is 14.5. The molecule has 0 radical (unpaired) electrons. The first-order valence-electron chi connectivity index (χ1n) is 8.37. The van der Waals surface area contributed by atoms with E-state index in [1.165, 1.54) is 0 Å². The SMILES string of the molecule is N#Cc1nn(-c2c(Cl)cc(C(F)(C(F)(F)F)C(F)(F)F)cc2Cl)c(N)c1C1(C(=O)O)CC1. The van der Waals surface area contributed by atoms with Gasteiger partial charge in [-0.15, -0.1) is 0 Å². The molecule has 1 aromatic carbocycles. The zero-order valence-corrected chi connectivity index (χ0v) is 16.8. The largest absolute Gasteiger partial charge is 0.481 e. The minimum absolute atomic E-state index is 0.0562. The minimum Gasteiger partial charge on any atom is -0.481 e. The monoisotopic (exact) mass is 504 g/mol. The quantitative estimate of drug-likeness (QED) is 0.567. The highest BCUT2D eigenvalue weighted by Gasteiger charge is 2.73. The van der Waals surface area contributed by atoms with Crippen molar-refractivity contribution in [2.45, 2.75) is 36.3 Å². The fraction of sp³-hybridized carbons (Fsp3) is 0.353. The molecule has 3 rings (SSSR count). The maximum atomic E-state index is 14.4. The van der Waals surface area contributed by atoms with Crippen LogP contribution in [0.15, 0.2) is 12.1 Å². The molecule has 15 heteroatoms. The highest BCUT2D eigenvalue weighted by molar-refractivity contribution is 6.38. The summed E-state index contributed by atoms with van der Waals surface area (Å²) in [7, 11) is 0. The number of halogens is 9. The molecule has 1 heterocycles. The third-order valence-electron chi connectivity index (χ3n) is 5.07. The maximum absolute atomic E-state index is 14.4. The Morgan fingerprint density at radius 3 is 1.94 bits per heavy atom. The Balaban J connectivity index is 2.25. The third kappa shape index (κ3) is 3.24. The van der Waals surface area contributed by atoms with Crippen LogP contribution in [0.3, 0.4) is 0 Å². The Morgan fingerprint density at radius 2 is 1.59 bits per heavy atom. The fourth-order valence-electron chi connectivity index (χ4n) is 3.30. The van der Waals surface area contributed by atoms with Gasteiger partial charge in [-0.2, -0.15) is 36.7 Å². The number of hydrogen-bond acceptors (Lipinski definition) is 4. The van der Waals surface area contributed by atoms with Gasteiger partial charge in [-0.05, 0) is 25.0 Å². The van der Waals surface area contributed by atoms with Crippen molar-refractivity contribution in [3.05, 3.63) is 39.0 Å². The number of rotatable bonds is 4. The van der Waals surface area contributed by atoms with E-state index in [4.69, 9.17) is 28.9 Å². The van der Waals surface area contributed by atoms with Crippen LogP contribution < -0.4 is 5.73 Å². The second kappa shape index (κ2) is 7.14. The number of nitriles is 1. The number of aliphatic carboxylic acids is 1. The minimum atomic E-state index is -6.40. The van der Waals surface area contributed by atoms with E-state index in [2.05, 4.69) is 5.10 Å². The average Bonchev–Trinajstić information content (AvgIpc) is 3.38. The molecule has 3 N–H and O–H groups in total. The van der Waals surface area contributed by atoms with Crippen molar-refractivity contribution in [1.82, 2.24) is 9.78 Å². The Kier molecular flexibility index (Phi) is 5.34. The van der Waals surface area contributed by atoms with Gasteiger partial charge in [0.05, 0.1) is 15.5 Å². The lowest BCUT2D eigenvalue weighted by Crippen LogP contribution is -2.50. The molecule has 0 amide bonds. The zero-order valence-electron chi connectivity index (χ0n) is 15.2. The Morgan fingerprint density at radius 1 is 1.12 bits per heavy atom. The molecule has 0 spiro atoms. The number of aromatic nitrogens is 2. The van der Waals surface area contributed by atoms with Gasteiger partial charge in [-0.3, -0.25) is 4.79 Å². The molecule has 6 nitrogen and oxygen atoms in total. The number of alkyl halides is 7. The molecule has 2 aromatic rings. The van der Waals surface area contributed by atoms with Crippen LogP contribution in [0.1, 0.15) is 29.7 Å². The second-order valence-corrected chi connectivity index (χ2v) is 7.78. The van der Waals surface area contributed by atoms with Gasteiger partial charge in [0.15, 0.2) is 5.69 Å². The summed E-state index contributed by atoms with van der Waals surface area (Å²) in [5.41, 5.74) is -4.57. The third-order valence-corrected chi connectivity index (χ3v) is 5.65. The predicted octanol–water partition coefficient (Wildman–Crippen LogP) is 5.04. The van der Waals surface area contributed by atoms with Gasteiger partial charge in [-0.25, -0.2) is 9.07 Å². The van der Waals surface area contributed by atoms with Crippen LogP contribution in [0.2, 0.25) is 10.0 Å². The fourth-order valence-corrected chi connectivity index (χ4v) is 3.95. The lowest BCUT2D eigenvalue weighted by molar-refractivity contribution is -0.348. The van der Waals surface area contributed by atoms with Crippen molar-refractivity contribution in [2.75, 3.05) is 5.73 Å². The van der Waals surface area contributed by atoms with Crippen molar-refractivity contribution < 1.29 is 40.6 Å². The molecule has 1 fully saturated rings. The number of hydrogen-bond donors (Lipinski definition) is 2. The molecule has 1 aromatic heterocycles. The predicted molar refractivity (Wildman–Crippen MR) is 96.2 cm³/mol. The molecular weight excluding hydrogens is 496 g/mol. The smallest absolute Gasteiger partial charge is 0.435 e. The van der Waals surface area contributed by atoms with Crippen LogP contribution in [0.5, 0.6) is 0 Å². The van der Waals surface area contributed by atoms with Gasteiger partial charge in [0.25, 0.3) is 0 Å². The lowest BCUT2D eigenvalue weighted by atomic mass is 9.94. The summed E-state index contributed by atoms with van der Waals surface area (Å²) >= 11 is 11.7. The van der Waals surface area contributed by atoms with Crippen LogP contribution in [0.4, 0.5) is 36.6 Å². The number of nitrogens with zero attached hydrogens (tertiary/aromatic N) is 3. The summed E-state index contributed by atoms with van der Waals surface area (Å²) in [6.07, 6.45) is -12.6. The lowest BCUT2D eigenvalue weighted by Gasteiger charge is -2.30. The van der Waals surface area contributed by atoms with Gasteiger partial charge in [0, 0.05) is 11.1 Å². The summed E-state index contributed by atoms with van der Waals surface area (Å²) in [6.45, 7) is 0. The summed E-state index contributed by atoms with van der Waals surface area (Å²) in [6, 6.07) is 1.74. The Hall–Kier alpha value is -2.72.